The van der Waals surface area contributed by atoms with Crippen molar-refractivity contribution < 1.29 is 46.1 Å². The van der Waals surface area contributed by atoms with E-state index in [0.29, 0.717) is 0 Å². The number of alkyl halides is 6. The summed E-state index contributed by atoms with van der Waals surface area (Å²) in [7, 11) is 0. The van der Waals surface area contributed by atoms with E-state index in [0.717, 1.165) is 0 Å². The first-order valence-electron chi connectivity index (χ1n) is 2.45. The fourth-order valence-corrected chi connectivity index (χ4v) is 0. The van der Waals surface area contributed by atoms with E-state index in [-0.39, 0.29) is 26.2 Å². The molecule has 3 radical (unpaired) electrons. The summed E-state index contributed by atoms with van der Waals surface area (Å²) in [6.45, 7) is 0. The van der Waals surface area contributed by atoms with Gasteiger partial charge in [0.2, 0.25) is 0 Å². The van der Waals surface area contributed by atoms with Gasteiger partial charge in [-0.15, -0.1) is 0 Å². The first kappa shape index (κ1) is 19.9. The zero-order valence-corrected chi connectivity index (χ0v) is 9.83. The molecule has 15 heavy (non-hydrogen) atoms. The zero-order valence-electron chi connectivity index (χ0n) is 6.35. The first-order valence-corrected chi connectivity index (χ1v) is 2.45. The molecule has 0 aliphatic rings. The Morgan fingerprint density at radius 2 is 0.800 bits per heavy atom. The molecule has 0 amide bonds. The van der Waals surface area contributed by atoms with Crippen LogP contribution in [-0.4, -0.2) is 50.5 Å². The Balaban J connectivity index is -0.000000180. The fourth-order valence-electron chi connectivity index (χ4n) is 0. The van der Waals surface area contributed by atoms with Crippen molar-refractivity contribution in [2.75, 3.05) is 0 Å². The van der Waals surface area contributed by atoms with Gasteiger partial charge in [0.1, 0.15) is 11.9 Å². The van der Waals surface area contributed by atoms with Crippen molar-refractivity contribution in [3.8, 4) is 0 Å². The minimum absolute atomic E-state index is 0. The van der Waals surface area contributed by atoms with Crippen molar-refractivity contribution in [2.45, 2.75) is 12.4 Å². The van der Waals surface area contributed by atoms with Crippen LogP contribution in [0.1, 0.15) is 0 Å². The molecule has 11 heteroatoms. The Labute approximate surface area is 97.0 Å². The second-order valence-electron chi connectivity index (χ2n) is 1.57. The first-order chi connectivity index (χ1) is 5.89. The summed E-state index contributed by atoms with van der Waals surface area (Å²) in [6.07, 6.45) is -10.4. The molecule has 0 heterocycles. The number of carboxylic acid groups (broad SMARTS) is 2. The van der Waals surface area contributed by atoms with E-state index in [9.17, 15) is 26.3 Å². The van der Waals surface area contributed by atoms with Gasteiger partial charge in [-0.1, -0.05) is 0 Å². The number of hydrogen-bond acceptors (Lipinski definition) is 4. The van der Waals surface area contributed by atoms with Gasteiger partial charge < -0.3 is 19.8 Å². The smallest absolute Gasteiger partial charge is 0.542 e. The second-order valence-corrected chi connectivity index (χ2v) is 1.57. The third kappa shape index (κ3) is 13.4. The molecular formula is C4BiF6O4. The maximum Gasteiger partial charge on any atom is 2.00 e. The molecule has 87 valence electrons. The van der Waals surface area contributed by atoms with E-state index in [1.165, 1.54) is 0 Å². The Hall–Kier alpha value is -0.597. The number of hydrogen-bond donors (Lipinski definition) is 0. The average Bonchev–Trinajstić information content (AvgIpc) is 1.83. The standard InChI is InChI=1S/2C2HF3O2.Bi/c2*3-2(4,5)1(6)7;/h2*(H,6,7);/q;;+2/p-2. The summed E-state index contributed by atoms with van der Waals surface area (Å²) in [6, 6.07) is 0. The van der Waals surface area contributed by atoms with E-state index in [2.05, 4.69) is 0 Å². The molecule has 0 atom stereocenters. The Morgan fingerprint density at radius 1 is 0.733 bits per heavy atom. The number of carbonyl (C=O) groups excluding carboxylic acids is 2. The second kappa shape index (κ2) is 6.81. The Bertz CT molecular complexity index is 196. The van der Waals surface area contributed by atoms with Gasteiger partial charge in [-0.25, -0.2) is 0 Å². The minimum atomic E-state index is -5.19. The van der Waals surface area contributed by atoms with Crippen molar-refractivity contribution >= 4 is 38.1 Å². The van der Waals surface area contributed by atoms with E-state index in [1.54, 1.807) is 0 Å². The quantitative estimate of drug-likeness (QED) is 0.333. The molecule has 0 spiro atoms. The monoisotopic (exact) mass is 435 g/mol. The summed E-state index contributed by atoms with van der Waals surface area (Å²) in [5, 5.41) is 17.6. The van der Waals surface area contributed by atoms with Gasteiger partial charge in [-0.2, -0.15) is 26.3 Å². The molecule has 0 aromatic heterocycles. The van der Waals surface area contributed by atoms with Crippen LogP contribution >= 0.6 is 0 Å². The summed E-state index contributed by atoms with van der Waals surface area (Å²) >= 11 is 0. The molecule has 0 N–H and O–H groups in total. The van der Waals surface area contributed by atoms with Crippen LogP contribution in [0.3, 0.4) is 0 Å². The Morgan fingerprint density at radius 3 is 0.800 bits per heavy atom. The molecule has 0 aliphatic heterocycles. The fraction of sp³-hybridized carbons (Fsp3) is 0.500. The number of carboxylic acids is 2. The zero-order chi connectivity index (χ0) is 12.2. The molecular weight excluding hydrogens is 435 g/mol. The number of aliphatic carboxylic acids is 2. The van der Waals surface area contributed by atoms with Crippen LogP contribution in [0.25, 0.3) is 0 Å². The number of halogens is 6. The molecule has 0 aromatic carbocycles. The molecule has 0 aromatic rings. The van der Waals surface area contributed by atoms with Crippen LogP contribution in [0.4, 0.5) is 26.3 Å². The third-order valence-corrected chi connectivity index (χ3v) is 0.463. The van der Waals surface area contributed by atoms with Gasteiger partial charge in [0.15, 0.2) is 0 Å². The molecule has 4 nitrogen and oxygen atoms in total. The van der Waals surface area contributed by atoms with Gasteiger partial charge in [0, 0.05) is 0 Å². The molecule has 0 saturated carbocycles. The van der Waals surface area contributed by atoms with Crippen molar-refractivity contribution in [1.82, 2.24) is 0 Å². The van der Waals surface area contributed by atoms with Crippen LogP contribution in [-0.2, 0) is 9.59 Å². The van der Waals surface area contributed by atoms with Crippen LogP contribution in [0, 0.1) is 0 Å². The summed E-state index contributed by atoms with van der Waals surface area (Å²) in [4.78, 5) is 17.6. The molecule has 0 aliphatic carbocycles. The van der Waals surface area contributed by atoms with Crippen molar-refractivity contribution in [2.24, 2.45) is 0 Å². The predicted octanol–water partition coefficient (Wildman–Crippen LogP) is -1.78. The van der Waals surface area contributed by atoms with E-state index in [1.807, 2.05) is 0 Å². The average molecular weight is 435 g/mol. The van der Waals surface area contributed by atoms with Crippen molar-refractivity contribution in [3.63, 3.8) is 0 Å². The van der Waals surface area contributed by atoms with Gasteiger partial charge in [0.05, 0.1) is 0 Å². The van der Waals surface area contributed by atoms with E-state index < -0.39 is 24.3 Å². The maximum atomic E-state index is 10.5. The van der Waals surface area contributed by atoms with Crippen LogP contribution in [0.15, 0.2) is 0 Å². The molecule has 0 rings (SSSR count). The number of rotatable bonds is 0. The van der Waals surface area contributed by atoms with E-state index >= 15 is 0 Å². The molecule has 0 saturated heterocycles. The molecule has 0 bridgehead atoms. The van der Waals surface area contributed by atoms with Gasteiger partial charge in [-0.3, -0.25) is 0 Å². The van der Waals surface area contributed by atoms with Crippen LogP contribution in [0.2, 0.25) is 0 Å². The van der Waals surface area contributed by atoms with Crippen molar-refractivity contribution in [1.29, 1.82) is 0 Å². The molecule has 0 unspecified atom stereocenters. The predicted molar refractivity (Wildman–Crippen MR) is 27.9 cm³/mol. The third-order valence-electron chi connectivity index (χ3n) is 0.463. The Kier molecular flexibility index (Phi) is 9.03. The largest absolute Gasteiger partial charge is 2.00 e. The normalized spacial score (nSPS) is 10.5. The SMILES string of the molecule is O=C([O-])C(F)(F)F.O=C([O-])C(F)(F)F.[Bi+2]. The molecule has 0 fully saturated rings. The van der Waals surface area contributed by atoms with Gasteiger partial charge in [-0.05, 0) is 0 Å². The maximum absolute atomic E-state index is 10.5. The summed E-state index contributed by atoms with van der Waals surface area (Å²) < 4.78 is 63.1. The van der Waals surface area contributed by atoms with Crippen LogP contribution < -0.4 is 10.2 Å². The van der Waals surface area contributed by atoms with Crippen LogP contribution in [0.5, 0.6) is 0 Å². The number of carbonyl (C=O) groups is 2. The topological polar surface area (TPSA) is 80.3 Å². The summed E-state index contributed by atoms with van der Waals surface area (Å²) in [5.41, 5.74) is 0. The van der Waals surface area contributed by atoms with Gasteiger partial charge in [0.25, 0.3) is 0 Å². The minimum Gasteiger partial charge on any atom is -0.542 e. The van der Waals surface area contributed by atoms with Crippen molar-refractivity contribution in [3.05, 3.63) is 0 Å². The van der Waals surface area contributed by atoms with E-state index in [4.69, 9.17) is 19.8 Å². The summed E-state index contributed by atoms with van der Waals surface area (Å²) in [5.74, 6) is -6.01. The van der Waals surface area contributed by atoms with Gasteiger partial charge >= 0.3 is 38.6 Å².